The number of nitrogens with one attached hydrogen (secondary N) is 2. The fourth-order valence-corrected chi connectivity index (χ4v) is 3.69. The van der Waals surface area contributed by atoms with E-state index in [2.05, 4.69) is 26.0 Å². The summed E-state index contributed by atoms with van der Waals surface area (Å²) in [4.78, 5) is 22.7. The SMILES string of the molecule is Cc1ccc(Nc2nnc(SCC(=O)N/N=C\c3ccc(C(=O)O)cc3)s2)cc1. The fourth-order valence-electron chi connectivity index (χ4n) is 2.13. The lowest BCUT2D eigenvalue weighted by Crippen LogP contribution is -2.19. The molecule has 3 rings (SSSR count). The van der Waals surface area contributed by atoms with E-state index < -0.39 is 5.97 Å². The van der Waals surface area contributed by atoms with Crippen molar-refractivity contribution in [1.29, 1.82) is 0 Å². The molecule has 148 valence electrons. The number of carboxylic acids is 1. The van der Waals surface area contributed by atoms with Crippen molar-refractivity contribution < 1.29 is 14.7 Å². The number of thioether (sulfide) groups is 1. The number of carbonyl (C=O) groups is 2. The van der Waals surface area contributed by atoms with Gasteiger partial charge in [0.2, 0.25) is 5.13 Å². The van der Waals surface area contributed by atoms with Crippen molar-refractivity contribution in [1.82, 2.24) is 15.6 Å². The summed E-state index contributed by atoms with van der Waals surface area (Å²) in [5.74, 6) is -1.13. The molecule has 3 N–H and O–H groups in total. The number of nitrogens with zero attached hydrogens (tertiary/aromatic N) is 3. The van der Waals surface area contributed by atoms with Crippen molar-refractivity contribution in [3.8, 4) is 0 Å². The Kier molecular flexibility index (Phi) is 6.93. The van der Waals surface area contributed by atoms with Crippen molar-refractivity contribution >= 4 is 52.0 Å². The summed E-state index contributed by atoms with van der Waals surface area (Å²) < 4.78 is 0.669. The number of hydrogen-bond donors (Lipinski definition) is 3. The van der Waals surface area contributed by atoms with Crippen LogP contribution in [0.5, 0.6) is 0 Å². The molecule has 0 unspecified atom stereocenters. The van der Waals surface area contributed by atoms with Crippen molar-refractivity contribution in [3.63, 3.8) is 0 Å². The van der Waals surface area contributed by atoms with Gasteiger partial charge in [0, 0.05) is 5.69 Å². The van der Waals surface area contributed by atoms with Gasteiger partial charge in [0.25, 0.3) is 5.91 Å². The number of benzene rings is 2. The molecule has 0 saturated carbocycles. The second-order valence-electron chi connectivity index (χ2n) is 5.87. The Hall–Kier alpha value is -3.24. The molecule has 8 nitrogen and oxygen atoms in total. The van der Waals surface area contributed by atoms with Gasteiger partial charge in [0.05, 0.1) is 17.5 Å². The van der Waals surface area contributed by atoms with E-state index >= 15 is 0 Å². The summed E-state index contributed by atoms with van der Waals surface area (Å²) in [6.45, 7) is 2.02. The number of carbonyl (C=O) groups excluding carboxylic acids is 1. The van der Waals surface area contributed by atoms with Crippen LogP contribution < -0.4 is 10.7 Å². The summed E-state index contributed by atoms with van der Waals surface area (Å²) in [6.07, 6.45) is 1.45. The monoisotopic (exact) mass is 427 g/mol. The molecular weight excluding hydrogens is 410 g/mol. The Morgan fingerprint density at radius 2 is 1.86 bits per heavy atom. The minimum Gasteiger partial charge on any atom is -0.478 e. The largest absolute Gasteiger partial charge is 0.478 e. The molecule has 0 atom stereocenters. The van der Waals surface area contributed by atoms with Crippen LogP contribution in [-0.4, -0.2) is 39.1 Å². The molecule has 0 spiro atoms. The van der Waals surface area contributed by atoms with E-state index in [1.807, 2.05) is 31.2 Å². The zero-order valence-electron chi connectivity index (χ0n) is 15.3. The van der Waals surface area contributed by atoms with Crippen molar-refractivity contribution in [3.05, 3.63) is 65.2 Å². The van der Waals surface area contributed by atoms with E-state index in [0.717, 1.165) is 5.69 Å². The molecule has 0 aliphatic carbocycles. The molecule has 1 amide bonds. The minimum absolute atomic E-state index is 0.147. The summed E-state index contributed by atoms with van der Waals surface area (Å²) in [7, 11) is 0. The number of hydrogen-bond acceptors (Lipinski definition) is 8. The summed E-state index contributed by atoms with van der Waals surface area (Å²) in [5.41, 5.74) is 5.39. The van der Waals surface area contributed by atoms with Gasteiger partial charge >= 0.3 is 5.97 Å². The Morgan fingerprint density at radius 3 is 2.55 bits per heavy atom. The quantitative estimate of drug-likeness (QED) is 0.286. The van der Waals surface area contributed by atoms with Gasteiger partial charge in [-0.05, 0) is 36.8 Å². The van der Waals surface area contributed by atoms with Crippen molar-refractivity contribution in [2.45, 2.75) is 11.3 Å². The normalized spacial score (nSPS) is 10.8. The van der Waals surface area contributed by atoms with Gasteiger partial charge in [-0.3, -0.25) is 4.79 Å². The van der Waals surface area contributed by atoms with E-state index in [9.17, 15) is 9.59 Å². The molecule has 10 heteroatoms. The maximum absolute atomic E-state index is 11.9. The lowest BCUT2D eigenvalue weighted by Gasteiger charge is -2.01. The van der Waals surface area contributed by atoms with Crippen LogP contribution >= 0.6 is 23.1 Å². The first-order valence-corrected chi connectivity index (χ1v) is 10.2. The highest BCUT2D eigenvalue weighted by atomic mass is 32.2. The lowest BCUT2D eigenvalue weighted by molar-refractivity contribution is -0.118. The van der Waals surface area contributed by atoms with Gasteiger partial charge in [-0.1, -0.05) is 52.9 Å². The molecule has 3 aromatic rings. The summed E-state index contributed by atoms with van der Waals surface area (Å²) in [5, 5.41) is 24.7. The van der Waals surface area contributed by atoms with E-state index in [1.54, 1.807) is 12.1 Å². The van der Waals surface area contributed by atoms with Crippen LogP contribution in [0.25, 0.3) is 0 Å². The molecule has 29 heavy (non-hydrogen) atoms. The molecule has 1 heterocycles. The Bertz CT molecular complexity index is 1020. The van der Waals surface area contributed by atoms with Gasteiger partial charge in [-0.15, -0.1) is 10.2 Å². The highest BCUT2D eigenvalue weighted by Crippen LogP contribution is 2.27. The number of aryl methyl sites for hydroxylation is 1. The predicted molar refractivity (Wildman–Crippen MR) is 114 cm³/mol. The van der Waals surface area contributed by atoms with Gasteiger partial charge in [0.15, 0.2) is 4.34 Å². The molecule has 0 aliphatic heterocycles. The van der Waals surface area contributed by atoms with E-state index in [4.69, 9.17) is 5.11 Å². The number of amides is 1. The third-order valence-electron chi connectivity index (χ3n) is 3.60. The first-order valence-electron chi connectivity index (χ1n) is 8.45. The van der Waals surface area contributed by atoms with Gasteiger partial charge < -0.3 is 10.4 Å². The highest BCUT2D eigenvalue weighted by molar-refractivity contribution is 8.01. The average molecular weight is 428 g/mol. The summed E-state index contributed by atoms with van der Waals surface area (Å²) >= 11 is 2.63. The molecule has 0 bridgehead atoms. The van der Waals surface area contributed by atoms with Crippen LogP contribution in [0.15, 0.2) is 58.0 Å². The Labute approximate surface area is 175 Å². The fraction of sp³-hybridized carbons (Fsp3) is 0.105. The van der Waals surface area contributed by atoms with Crippen LogP contribution in [0.3, 0.4) is 0 Å². The topological polar surface area (TPSA) is 117 Å². The minimum atomic E-state index is -0.993. The average Bonchev–Trinajstić information content (AvgIpc) is 3.16. The second kappa shape index (κ2) is 9.80. The maximum Gasteiger partial charge on any atom is 0.335 e. The molecule has 0 aliphatic rings. The number of hydrazone groups is 1. The van der Waals surface area contributed by atoms with E-state index in [0.29, 0.717) is 15.0 Å². The molecule has 2 aromatic carbocycles. The number of rotatable bonds is 8. The number of aromatic carboxylic acids is 1. The molecule has 0 saturated heterocycles. The smallest absolute Gasteiger partial charge is 0.335 e. The number of carboxylic acid groups (broad SMARTS) is 1. The van der Waals surface area contributed by atoms with E-state index in [-0.39, 0.29) is 17.2 Å². The number of aromatic nitrogens is 2. The highest BCUT2D eigenvalue weighted by Gasteiger charge is 2.08. The Balaban J connectivity index is 1.44. The second-order valence-corrected chi connectivity index (χ2v) is 8.07. The van der Waals surface area contributed by atoms with Crippen molar-refractivity contribution in [2.75, 3.05) is 11.1 Å². The van der Waals surface area contributed by atoms with Crippen LogP contribution in [-0.2, 0) is 4.79 Å². The first kappa shape index (κ1) is 20.5. The van der Waals surface area contributed by atoms with Gasteiger partial charge in [-0.2, -0.15) is 5.10 Å². The maximum atomic E-state index is 11.9. The van der Waals surface area contributed by atoms with Crippen molar-refractivity contribution in [2.24, 2.45) is 5.10 Å². The van der Waals surface area contributed by atoms with Gasteiger partial charge in [-0.25, -0.2) is 10.2 Å². The van der Waals surface area contributed by atoms with Crippen LogP contribution in [0.1, 0.15) is 21.5 Å². The zero-order valence-corrected chi connectivity index (χ0v) is 17.0. The van der Waals surface area contributed by atoms with Gasteiger partial charge in [0.1, 0.15) is 0 Å². The summed E-state index contributed by atoms with van der Waals surface area (Å²) in [6, 6.07) is 14.1. The molecule has 1 aromatic heterocycles. The van der Waals surface area contributed by atoms with Crippen LogP contribution in [0.4, 0.5) is 10.8 Å². The lowest BCUT2D eigenvalue weighted by atomic mass is 10.1. The standard InChI is InChI=1S/C19H17N5O3S2/c1-12-2-8-15(9-3-12)21-18-23-24-19(29-18)28-11-16(25)22-20-10-13-4-6-14(7-5-13)17(26)27/h2-10H,11H2,1H3,(H,21,23)(H,22,25)(H,26,27)/b20-10-. The Morgan fingerprint density at radius 1 is 1.14 bits per heavy atom. The third kappa shape index (κ3) is 6.40. The molecule has 0 radical (unpaired) electrons. The third-order valence-corrected chi connectivity index (χ3v) is 5.57. The van der Waals surface area contributed by atoms with Crippen LogP contribution in [0, 0.1) is 6.92 Å². The molecule has 0 fully saturated rings. The zero-order chi connectivity index (χ0) is 20.6. The van der Waals surface area contributed by atoms with Crippen LogP contribution in [0.2, 0.25) is 0 Å². The predicted octanol–water partition coefficient (Wildman–Crippen LogP) is 3.53. The number of anilines is 2. The van der Waals surface area contributed by atoms with E-state index in [1.165, 1.54) is 47.0 Å². The molecular formula is C19H17N5O3S2. The first-order chi connectivity index (χ1) is 14.0.